The van der Waals surface area contributed by atoms with Gasteiger partial charge in [-0.1, -0.05) is 30.3 Å². The molecule has 1 aliphatic rings. The van der Waals surface area contributed by atoms with E-state index in [-0.39, 0.29) is 13.0 Å². The average Bonchev–Trinajstić information content (AvgIpc) is 2.76. The number of aromatic nitrogens is 1. The Kier molecular flexibility index (Phi) is 5.70. The Morgan fingerprint density at radius 3 is 2.90 bits per heavy atom. The summed E-state index contributed by atoms with van der Waals surface area (Å²) in [7, 11) is 1.59. The maximum atomic E-state index is 12.4. The highest BCUT2D eigenvalue weighted by atomic mass is 16.5. The van der Waals surface area contributed by atoms with E-state index in [2.05, 4.69) is 16.0 Å². The second-order valence-electron chi connectivity index (χ2n) is 8.02. The molecular weight excluding hydrogens is 380 g/mol. The van der Waals surface area contributed by atoms with Gasteiger partial charge in [0.2, 0.25) is 0 Å². The number of benzene rings is 2. The lowest BCUT2D eigenvalue weighted by Crippen LogP contribution is -2.56. The van der Waals surface area contributed by atoms with Gasteiger partial charge in [-0.25, -0.2) is 0 Å². The van der Waals surface area contributed by atoms with Gasteiger partial charge in [-0.15, -0.1) is 0 Å². The highest BCUT2D eigenvalue weighted by molar-refractivity contribution is 5.84. The smallest absolute Gasteiger partial charge is 0.313 e. The van der Waals surface area contributed by atoms with Crippen molar-refractivity contribution in [3.8, 4) is 5.75 Å². The number of aliphatic carboxylic acids is 1. The molecule has 0 spiro atoms. The first-order chi connectivity index (χ1) is 14.5. The summed E-state index contributed by atoms with van der Waals surface area (Å²) in [5, 5.41) is 23.1. The highest BCUT2D eigenvalue weighted by Crippen LogP contribution is 2.36. The summed E-state index contributed by atoms with van der Waals surface area (Å²) in [5.74, 6) is -0.288. The Labute approximate surface area is 175 Å². The number of ether oxygens (including phenoxy) is 1. The van der Waals surface area contributed by atoms with Crippen LogP contribution in [0.15, 0.2) is 60.9 Å². The lowest BCUT2D eigenvalue weighted by molar-refractivity contribution is -0.163. The maximum absolute atomic E-state index is 12.4. The maximum Gasteiger partial charge on any atom is 0.313 e. The molecule has 0 saturated carbocycles. The van der Waals surface area contributed by atoms with Crippen LogP contribution in [0.2, 0.25) is 0 Å². The Bertz CT molecular complexity index is 1050. The molecule has 0 amide bonds. The molecule has 2 aromatic carbocycles. The third kappa shape index (κ3) is 3.88. The fourth-order valence-corrected chi connectivity index (χ4v) is 4.47. The van der Waals surface area contributed by atoms with E-state index >= 15 is 0 Å². The molecule has 0 bridgehead atoms. The van der Waals surface area contributed by atoms with Crippen LogP contribution in [0.1, 0.15) is 17.5 Å². The van der Waals surface area contributed by atoms with Crippen LogP contribution in [0.4, 0.5) is 0 Å². The van der Waals surface area contributed by atoms with E-state index < -0.39 is 17.5 Å². The molecule has 1 saturated heterocycles. The number of nitrogens with zero attached hydrogens (tertiary/aromatic N) is 2. The molecule has 6 nitrogen and oxygen atoms in total. The number of hydrogen-bond donors (Lipinski definition) is 2. The lowest BCUT2D eigenvalue weighted by Gasteiger charge is -2.43. The third-order valence-corrected chi connectivity index (χ3v) is 6.11. The zero-order valence-electron chi connectivity index (χ0n) is 17.0. The van der Waals surface area contributed by atoms with Crippen LogP contribution in [0, 0.1) is 5.41 Å². The molecule has 2 atom stereocenters. The van der Waals surface area contributed by atoms with E-state index in [0.29, 0.717) is 25.3 Å². The van der Waals surface area contributed by atoms with Crippen molar-refractivity contribution >= 4 is 16.7 Å². The molecule has 1 fully saturated rings. The summed E-state index contributed by atoms with van der Waals surface area (Å²) in [6, 6.07) is 15.5. The number of piperidine rings is 1. The molecule has 2 N–H and O–H groups in total. The van der Waals surface area contributed by atoms with E-state index in [4.69, 9.17) is 4.74 Å². The number of aliphatic hydroxyl groups excluding tert-OH is 1. The second kappa shape index (κ2) is 8.42. The van der Waals surface area contributed by atoms with Gasteiger partial charge in [0.1, 0.15) is 11.2 Å². The number of likely N-dealkylation sites (tertiary alicyclic amines) is 1. The van der Waals surface area contributed by atoms with E-state index in [0.717, 1.165) is 21.9 Å². The Morgan fingerprint density at radius 1 is 1.27 bits per heavy atom. The minimum atomic E-state index is -1.27. The van der Waals surface area contributed by atoms with Crippen LogP contribution >= 0.6 is 0 Å². The molecule has 30 heavy (non-hydrogen) atoms. The van der Waals surface area contributed by atoms with Crippen LogP contribution in [0.5, 0.6) is 5.75 Å². The Hall–Kier alpha value is -2.96. The van der Waals surface area contributed by atoms with Crippen molar-refractivity contribution in [3.63, 3.8) is 0 Å². The summed E-state index contributed by atoms with van der Waals surface area (Å²) < 4.78 is 5.28. The number of carbonyl (C=O) groups is 1. The number of carboxylic acids is 1. The molecule has 1 aliphatic heterocycles. The lowest BCUT2D eigenvalue weighted by atomic mass is 9.72. The van der Waals surface area contributed by atoms with Gasteiger partial charge in [0.25, 0.3) is 0 Å². The van der Waals surface area contributed by atoms with Gasteiger partial charge in [0, 0.05) is 37.4 Å². The van der Waals surface area contributed by atoms with E-state index in [9.17, 15) is 15.0 Å². The summed E-state index contributed by atoms with van der Waals surface area (Å²) >= 11 is 0. The molecule has 0 radical (unpaired) electrons. The number of aliphatic hydroxyl groups is 1. The first-order valence-corrected chi connectivity index (χ1v) is 10.1. The molecule has 156 valence electrons. The van der Waals surface area contributed by atoms with Crippen LogP contribution in [-0.4, -0.2) is 52.4 Å². The zero-order chi connectivity index (χ0) is 21.1. The molecule has 6 heteroatoms. The van der Waals surface area contributed by atoms with Gasteiger partial charge in [0.15, 0.2) is 0 Å². The number of pyridine rings is 1. The third-order valence-electron chi connectivity index (χ3n) is 6.11. The second-order valence-corrected chi connectivity index (χ2v) is 8.02. The molecular formula is C24H26N2O4. The summed E-state index contributed by atoms with van der Waals surface area (Å²) in [4.78, 5) is 18.7. The number of hydrogen-bond acceptors (Lipinski definition) is 5. The van der Waals surface area contributed by atoms with Crippen molar-refractivity contribution in [3.05, 3.63) is 72.1 Å². The Morgan fingerprint density at radius 2 is 2.10 bits per heavy atom. The predicted octanol–water partition coefficient (Wildman–Crippen LogP) is 3.12. The van der Waals surface area contributed by atoms with E-state index in [1.54, 1.807) is 13.3 Å². The molecule has 0 unspecified atom stereocenters. The van der Waals surface area contributed by atoms with Gasteiger partial charge in [-0.2, -0.15) is 0 Å². The van der Waals surface area contributed by atoms with Gasteiger partial charge in [-0.3, -0.25) is 14.7 Å². The minimum Gasteiger partial charge on any atom is -0.497 e. The first kappa shape index (κ1) is 20.3. The normalized spacial score (nSPS) is 22.1. The van der Waals surface area contributed by atoms with Crippen molar-refractivity contribution in [2.45, 2.75) is 25.5 Å². The van der Waals surface area contributed by atoms with Crippen molar-refractivity contribution in [2.24, 2.45) is 5.41 Å². The van der Waals surface area contributed by atoms with Crippen molar-refractivity contribution < 1.29 is 19.7 Å². The van der Waals surface area contributed by atoms with Crippen LogP contribution in [0.3, 0.4) is 0 Å². The van der Waals surface area contributed by atoms with Gasteiger partial charge < -0.3 is 14.9 Å². The van der Waals surface area contributed by atoms with Crippen LogP contribution in [0.25, 0.3) is 10.8 Å². The largest absolute Gasteiger partial charge is 0.497 e. The number of methoxy groups -OCH3 is 1. The quantitative estimate of drug-likeness (QED) is 0.655. The molecule has 3 aromatic rings. The zero-order valence-corrected chi connectivity index (χ0v) is 17.0. The van der Waals surface area contributed by atoms with E-state index in [1.165, 1.54) is 0 Å². The molecule has 0 aliphatic carbocycles. The standard InChI is InChI=1S/C24H26N2O4/c1-30-20-7-2-4-17(12-20)13-24(23(28)29)16-26(11-9-22(24)27)15-19-6-3-5-18-14-25-10-8-21(18)19/h2-8,10,12,14,22,27H,9,11,13,15-16H2,1H3,(H,28,29)/t22-,24-/m1/s1. The fraction of sp³-hybridized carbons (Fsp3) is 0.333. The molecule has 4 rings (SSSR count). The fourth-order valence-electron chi connectivity index (χ4n) is 4.47. The number of rotatable bonds is 6. The van der Waals surface area contributed by atoms with Crippen molar-refractivity contribution in [1.82, 2.24) is 9.88 Å². The topological polar surface area (TPSA) is 82.9 Å². The molecule has 2 heterocycles. The van der Waals surface area contributed by atoms with Crippen molar-refractivity contribution in [1.29, 1.82) is 0 Å². The monoisotopic (exact) mass is 406 g/mol. The summed E-state index contributed by atoms with van der Waals surface area (Å²) in [6.45, 7) is 1.55. The SMILES string of the molecule is COc1cccc(C[C@@]2(C(=O)O)CN(Cc3cccc4cnccc34)CC[C@H]2O)c1. The number of carboxylic acid groups (broad SMARTS) is 1. The first-order valence-electron chi connectivity index (χ1n) is 10.1. The number of fused-ring (bicyclic) bond motifs is 1. The van der Waals surface area contributed by atoms with E-state index in [1.807, 2.05) is 48.7 Å². The van der Waals surface area contributed by atoms with Gasteiger partial charge in [-0.05, 0) is 47.6 Å². The predicted molar refractivity (Wildman–Crippen MR) is 114 cm³/mol. The summed E-state index contributed by atoms with van der Waals surface area (Å²) in [5.41, 5.74) is 0.706. The van der Waals surface area contributed by atoms with Gasteiger partial charge >= 0.3 is 5.97 Å². The van der Waals surface area contributed by atoms with Crippen LogP contribution in [-0.2, 0) is 17.8 Å². The highest BCUT2D eigenvalue weighted by Gasteiger charge is 2.49. The minimum absolute atomic E-state index is 0.247. The Balaban J connectivity index is 1.62. The molecule has 1 aromatic heterocycles. The van der Waals surface area contributed by atoms with Crippen LogP contribution < -0.4 is 4.74 Å². The van der Waals surface area contributed by atoms with Gasteiger partial charge in [0.05, 0.1) is 13.2 Å². The van der Waals surface area contributed by atoms with Crippen molar-refractivity contribution in [2.75, 3.05) is 20.2 Å². The average molecular weight is 406 g/mol. The summed E-state index contributed by atoms with van der Waals surface area (Å²) in [6.07, 6.45) is 3.37.